The first-order valence-electron chi connectivity index (χ1n) is 5.97. The second-order valence-corrected chi connectivity index (χ2v) is 4.21. The van der Waals surface area contributed by atoms with Crippen LogP contribution in [-0.2, 0) is 12.8 Å². The fraction of sp³-hybridized carbons (Fsp3) is 0.286. The van der Waals surface area contributed by atoms with Crippen LogP contribution in [-0.4, -0.2) is 9.97 Å². The molecule has 0 aliphatic rings. The molecule has 0 spiro atoms. The maximum atomic E-state index is 13.5. The first kappa shape index (κ1) is 12.5. The molecular formula is C14H16FN3. The topological polar surface area (TPSA) is 51.8 Å². The minimum atomic E-state index is -0.239. The molecule has 0 fully saturated rings. The van der Waals surface area contributed by atoms with E-state index in [0.29, 0.717) is 23.6 Å². The third-order valence-electron chi connectivity index (χ3n) is 2.95. The summed E-state index contributed by atoms with van der Waals surface area (Å²) in [6, 6.07) is 6.64. The summed E-state index contributed by atoms with van der Waals surface area (Å²) < 4.78 is 13.5. The van der Waals surface area contributed by atoms with Gasteiger partial charge in [0.05, 0.1) is 0 Å². The summed E-state index contributed by atoms with van der Waals surface area (Å²) in [5.41, 5.74) is 8.30. The number of aromatic nitrogens is 2. The number of nitrogens with zero attached hydrogens (tertiary/aromatic N) is 2. The number of halogens is 1. The highest BCUT2D eigenvalue weighted by atomic mass is 19.1. The van der Waals surface area contributed by atoms with E-state index in [1.807, 2.05) is 13.8 Å². The number of nitrogens with two attached hydrogens (primary N) is 1. The predicted molar refractivity (Wildman–Crippen MR) is 69.8 cm³/mol. The van der Waals surface area contributed by atoms with Gasteiger partial charge in [0.1, 0.15) is 17.5 Å². The molecule has 3 nitrogen and oxygen atoms in total. The van der Waals surface area contributed by atoms with Crippen LogP contribution in [0.1, 0.15) is 29.6 Å². The van der Waals surface area contributed by atoms with Gasteiger partial charge in [0.2, 0.25) is 0 Å². The van der Waals surface area contributed by atoms with Crippen molar-refractivity contribution in [3.05, 3.63) is 52.7 Å². The molecule has 0 aliphatic carbocycles. The number of benzene rings is 1. The minimum absolute atomic E-state index is 0.239. The van der Waals surface area contributed by atoms with Gasteiger partial charge in [-0.15, -0.1) is 0 Å². The average Bonchev–Trinajstić information content (AvgIpc) is 2.32. The van der Waals surface area contributed by atoms with Crippen LogP contribution in [0.25, 0.3) is 0 Å². The van der Waals surface area contributed by atoms with Crippen LogP contribution in [0.15, 0.2) is 24.3 Å². The van der Waals surface area contributed by atoms with Crippen LogP contribution in [0.2, 0.25) is 0 Å². The van der Waals surface area contributed by atoms with E-state index in [9.17, 15) is 4.39 Å². The molecule has 0 saturated heterocycles. The summed E-state index contributed by atoms with van der Waals surface area (Å²) in [5.74, 6) is 0.820. The monoisotopic (exact) mass is 245 g/mol. The van der Waals surface area contributed by atoms with Crippen molar-refractivity contribution in [3.63, 3.8) is 0 Å². The van der Waals surface area contributed by atoms with E-state index in [4.69, 9.17) is 5.73 Å². The Morgan fingerprint density at radius 1 is 1.22 bits per heavy atom. The summed E-state index contributed by atoms with van der Waals surface area (Å²) >= 11 is 0. The van der Waals surface area contributed by atoms with Crippen molar-refractivity contribution in [2.45, 2.75) is 26.7 Å². The van der Waals surface area contributed by atoms with E-state index < -0.39 is 0 Å². The maximum absolute atomic E-state index is 13.5. The molecule has 0 unspecified atom stereocenters. The average molecular weight is 245 g/mol. The highest BCUT2D eigenvalue weighted by Gasteiger charge is 2.09. The van der Waals surface area contributed by atoms with Gasteiger partial charge in [-0.3, -0.25) is 0 Å². The third kappa shape index (κ3) is 2.47. The van der Waals surface area contributed by atoms with Crippen molar-refractivity contribution in [1.82, 2.24) is 9.97 Å². The number of aryl methyl sites for hydroxylation is 1. The Hall–Kier alpha value is -1.97. The lowest BCUT2D eigenvalue weighted by atomic mass is 10.1. The van der Waals surface area contributed by atoms with Gasteiger partial charge in [-0.2, -0.15) is 0 Å². The Kier molecular flexibility index (Phi) is 3.55. The minimum Gasteiger partial charge on any atom is -0.383 e. The molecule has 0 bridgehead atoms. The highest BCUT2D eigenvalue weighted by Crippen LogP contribution is 2.16. The standard InChI is InChI=1S/C14H16FN3/c1-3-11-9(2)17-13(18-14(11)16)8-10-6-4-5-7-12(10)15/h4-7H,3,8H2,1-2H3,(H2,16,17,18). The molecule has 0 aliphatic heterocycles. The first-order valence-corrected chi connectivity index (χ1v) is 5.97. The molecule has 1 aromatic heterocycles. The fourth-order valence-corrected chi connectivity index (χ4v) is 2.01. The quantitative estimate of drug-likeness (QED) is 0.904. The van der Waals surface area contributed by atoms with Gasteiger partial charge in [-0.05, 0) is 25.0 Å². The lowest BCUT2D eigenvalue weighted by Gasteiger charge is -2.09. The smallest absolute Gasteiger partial charge is 0.135 e. The number of anilines is 1. The second-order valence-electron chi connectivity index (χ2n) is 4.21. The Balaban J connectivity index is 2.34. The van der Waals surface area contributed by atoms with Crippen molar-refractivity contribution in [1.29, 1.82) is 0 Å². The Morgan fingerprint density at radius 3 is 2.56 bits per heavy atom. The van der Waals surface area contributed by atoms with E-state index in [2.05, 4.69) is 9.97 Å². The highest BCUT2D eigenvalue weighted by molar-refractivity contribution is 5.42. The molecule has 18 heavy (non-hydrogen) atoms. The lowest BCUT2D eigenvalue weighted by molar-refractivity contribution is 0.612. The van der Waals surface area contributed by atoms with Crippen LogP contribution in [0, 0.1) is 12.7 Å². The molecule has 2 N–H and O–H groups in total. The second kappa shape index (κ2) is 5.12. The number of hydrogen-bond acceptors (Lipinski definition) is 3. The number of rotatable bonds is 3. The SMILES string of the molecule is CCc1c(C)nc(Cc2ccccc2F)nc1N. The van der Waals surface area contributed by atoms with Crippen LogP contribution in [0.5, 0.6) is 0 Å². The lowest BCUT2D eigenvalue weighted by Crippen LogP contribution is -2.07. The van der Waals surface area contributed by atoms with E-state index in [1.165, 1.54) is 6.07 Å². The van der Waals surface area contributed by atoms with Crippen molar-refractivity contribution in [2.75, 3.05) is 5.73 Å². The van der Waals surface area contributed by atoms with Crippen molar-refractivity contribution in [3.8, 4) is 0 Å². The summed E-state index contributed by atoms with van der Waals surface area (Å²) in [7, 11) is 0. The molecule has 2 rings (SSSR count). The number of hydrogen-bond donors (Lipinski definition) is 1. The van der Waals surface area contributed by atoms with Crippen molar-refractivity contribution < 1.29 is 4.39 Å². The fourth-order valence-electron chi connectivity index (χ4n) is 2.01. The van der Waals surface area contributed by atoms with Crippen molar-refractivity contribution >= 4 is 5.82 Å². The molecule has 2 aromatic rings. The summed E-state index contributed by atoms with van der Waals surface area (Å²) in [6.07, 6.45) is 1.17. The van der Waals surface area contributed by atoms with Gasteiger partial charge < -0.3 is 5.73 Å². The van der Waals surface area contributed by atoms with E-state index in [1.54, 1.807) is 18.2 Å². The summed E-state index contributed by atoms with van der Waals surface area (Å²) in [6.45, 7) is 3.92. The first-order chi connectivity index (χ1) is 8.61. The van der Waals surface area contributed by atoms with Gasteiger partial charge in [0, 0.05) is 17.7 Å². The maximum Gasteiger partial charge on any atom is 0.135 e. The zero-order valence-corrected chi connectivity index (χ0v) is 10.6. The van der Waals surface area contributed by atoms with Crippen LogP contribution < -0.4 is 5.73 Å². The molecule has 0 radical (unpaired) electrons. The predicted octanol–water partition coefficient (Wildman–Crippen LogP) is 2.66. The molecule has 1 heterocycles. The van der Waals surface area contributed by atoms with Gasteiger partial charge >= 0.3 is 0 Å². The Labute approximate surface area is 106 Å². The zero-order valence-electron chi connectivity index (χ0n) is 10.6. The van der Waals surface area contributed by atoms with E-state index in [-0.39, 0.29) is 5.82 Å². The Morgan fingerprint density at radius 2 is 1.94 bits per heavy atom. The summed E-state index contributed by atoms with van der Waals surface area (Å²) in [4.78, 5) is 8.62. The largest absolute Gasteiger partial charge is 0.383 e. The van der Waals surface area contributed by atoms with E-state index in [0.717, 1.165) is 17.7 Å². The summed E-state index contributed by atoms with van der Waals surface area (Å²) in [5, 5.41) is 0. The van der Waals surface area contributed by atoms with Crippen LogP contribution >= 0.6 is 0 Å². The molecule has 0 atom stereocenters. The third-order valence-corrected chi connectivity index (χ3v) is 2.95. The zero-order chi connectivity index (χ0) is 13.1. The molecule has 1 aromatic carbocycles. The van der Waals surface area contributed by atoms with Crippen LogP contribution in [0.3, 0.4) is 0 Å². The van der Waals surface area contributed by atoms with Gasteiger partial charge in [0.25, 0.3) is 0 Å². The van der Waals surface area contributed by atoms with Gasteiger partial charge in [0.15, 0.2) is 0 Å². The van der Waals surface area contributed by atoms with E-state index >= 15 is 0 Å². The van der Waals surface area contributed by atoms with Crippen molar-refractivity contribution in [2.24, 2.45) is 0 Å². The molecule has 0 saturated carbocycles. The number of nitrogen functional groups attached to an aromatic ring is 1. The molecular weight excluding hydrogens is 229 g/mol. The molecule has 0 amide bonds. The normalized spacial score (nSPS) is 10.6. The Bertz CT molecular complexity index is 544. The van der Waals surface area contributed by atoms with Gasteiger partial charge in [-0.25, -0.2) is 14.4 Å². The molecule has 4 heteroatoms. The van der Waals surface area contributed by atoms with Gasteiger partial charge in [-0.1, -0.05) is 25.1 Å². The molecule has 94 valence electrons. The van der Waals surface area contributed by atoms with Crippen LogP contribution in [0.4, 0.5) is 10.2 Å².